The number of carbonyl (C=O) groups excluding carboxylic acids is 1. The number of benzene rings is 2. The lowest BCUT2D eigenvalue weighted by Crippen LogP contribution is -2.45. The Kier molecular flexibility index (Phi) is 6.20. The average Bonchev–Trinajstić information content (AvgIpc) is 2.65. The van der Waals surface area contributed by atoms with Crippen molar-refractivity contribution < 1.29 is 9.53 Å². The van der Waals surface area contributed by atoms with E-state index < -0.39 is 0 Å². The fourth-order valence-corrected chi connectivity index (χ4v) is 3.19. The number of esters is 1. The molecule has 0 atom stereocenters. The molecule has 1 aliphatic heterocycles. The van der Waals surface area contributed by atoms with E-state index in [4.69, 9.17) is 4.74 Å². The summed E-state index contributed by atoms with van der Waals surface area (Å²) in [6, 6.07) is 19.7. The molecule has 2 aromatic rings. The number of likely N-dealkylation sites (N-methyl/N-ethyl adjacent to an activating group) is 1. The number of ether oxygens (including phenoxy) is 1. The van der Waals surface area contributed by atoms with E-state index in [2.05, 4.69) is 16.8 Å². The van der Waals surface area contributed by atoms with Gasteiger partial charge in [-0.05, 0) is 18.2 Å². The summed E-state index contributed by atoms with van der Waals surface area (Å²) in [6.07, 6.45) is 0. The van der Waals surface area contributed by atoms with Crippen LogP contribution in [0.4, 0.5) is 0 Å². The first-order valence-corrected chi connectivity index (χ1v) is 8.91. The minimum Gasteiger partial charge on any atom is -0.464 e. The molecule has 4 heteroatoms. The Hall–Kier alpha value is -2.17. The molecular formula is C21H26N2O2. The van der Waals surface area contributed by atoms with Crippen molar-refractivity contribution in [1.29, 1.82) is 0 Å². The van der Waals surface area contributed by atoms with Crippen LogP contribution >= 0.6 is 0 Å². The zero-order chi connectivity index (χ0) is 17.5. The van der Waals surface area contributed by atoms with Gasteiger partial charge in [-0.15, -0.1) is 0 Å². The summed E-state index contributed by atoms with van der Waals surface area (Å²) in [5, 5.41) is 0. The summed E-state index contributed by atoms with van der Waals surface area (Å²) in [5.74, 6) is -0.540. The van der Waals surface area contributed by atoms with Gasteiger partial charge in [0.25, 0.3) is 0 Å². The van der Waals surface area contributed by atoms with Crippen molar-refractivity contribution in [2.75, 3.05) is 46.4 Å². The van der Waals surface area contributed by atoms with Crippen LogP contribution in [0.15, 0.2) is 60.7 Å². The van der Waals surface area contributed by atoms with Crippen LogP contribution in [0.3, 0.4) is 0 Å². The fourth-order valence-electron chi connectivity index (χ4n) is 3.19. The average molecular weight is 338 g/mol. The third-order valence-electron chi connectivity index (χ3n) is 4.75. The SMILES string of the molecule is CN1CCN(CCOC(=O)C(c2ccccc2)c2ccccc2)CC1. The monoisotopic (exact) mass is 338 g/mol. The fraction of sp³-hybridized carbons (Fsp3) is 0.381. The van der Waals surface area contributed by atoms with Crippen molar-refractivity contribution >= 4 is 5.97 Å². The van der Waals surface area contributed by atoms with E-state index in [1.54, 1.807) is 0 Å². The smallest absolute Gasteiger partial charge is 0.317 e. The first kappa shape index (κ1) is 17.6. The highest BCUT2D eigenvalue weighted by Crippen LogP contribution is 2.25. The maximum Gasteiger partial charge on any atom is 0.317 e. The number of carbonyl (C=O) groups is 1. The largest absolute Gasteiger partial charge is 0.464 e. The first-order valence-electron chi connectivity index (χ1n) is 8.91. The molecule has 0 unspecified atom stereocenters. The second-order valence-corrected chi connectivity index (χ2v) is 6.57. The number of rotatable bonds is 6. The highest BCUT2D eigenvalue weighted by atomic mass is 16.5. The Morgan fingerprint density at radius 3 is 1.96 bits per heavy atom. The highest BCUT2D eigenvalue weighted by molar-refractivity contribution is 5.82. The van der Waals surface area contributed by atoms with Crippen LogP contribution in [0.1, 0.15) is 17.0 Å². The molecule has 25 heavy (non-hydrogen) atoms. The lowest BCUT2D eigenvalue weighted by Gasteiger charge is -2.32. The number of hydrogen-bond acceptors (Lipinski definition) is 4. The summed E-state index contributed by atoms with van der Waals surface area (Å²) in [4.78, 5) is 17.5. The molecule has 0 radical (unpaired) electrons. The van der Waals surface area contributed by atoms with Crippen LogP contribution in [0.2, 0.25) is 0 Å². The molecule has 0 bridgehead atoms. The lowest BCUT2D eigenvalue weighted by molar-refractivity contribution is -0.144. The predicted octanol–water partition coefficient (Wildman–Crippen LogP) is 2.61. The first-order chi connectivity index (χ1) is 12.2. The maximum absolute atomic E-state index is 12.8. The van der Waals surface area contributed by atoms with Crippen molar-refractivity contribution in [3.63, 3.8) is 0 Å². The molecule has 0 spiro atoms. The van der Waals surface area contributed by atoms with Gasteiger partial charge in [0.15, 0.2) is 0 Å². The summed E-state index contributed by atoms with van der Waals surface area (Å²) < 4.78 is 5.65. The number of hydrogen-bond donors (Lipinski definition) is 0. The third kappa shape index (κ3) is 4.91. The molecule has 1 heterocycles. The Bertz CT molecular complexity index is 613. The molecule has 1 fully saturated rings. The van der Waals surface area contributed by atoms with Gasteiger partial charge in [-0.25, -0.2) is 0 Å². The van der Waals surface area contributed by atoms with Gasteiger partial charge in [0.1, 0.15) is 12.5 Å². The van der Waals surface area contributed by atoms with Crippen LogP contribution in [0.5, 0.6) is 0 Å². The van der Waals surface area contributed by atoms with Gasteiger partial charge in [0.2, 0.25) is 0 Å². The van der Waals surface area contributed by atoms with Gasteiger partial charge >= 0.3 is 5.97 Å². The van der Waals surface area contributed by atoms with Crippen LogP contribution in [-0.4, -0.2) is 62.1 Å². The van der Waals surface area contributed by atoms with E-state index in [1.807, 2.05) is 60.7 Å². The summed E-state index contributed by atoms with van der Waals surface area (Å²) in [7, 11) is 2.14. The molecule has 0 aliphatic carbocycles. The quantitative estimate of drug-likeness (QED) is 0.758. The predicted molar refractivity (Wildman–Crippen MR) is 99.6 cm³/mol. The van der Waals surface area contributed by atoms with Crippen molar-refractivity contribution in [2.24, 2.45) is 0 Å². The zero-order valence-electron chi connectivity index (χ0n) is 14.8. The Balaban J connectivity index is 1.62. The standard InChI is InChI=1S/C21H26N2O2/c1-22-12-14-23(15-13-22)16-17-25-21(24)20(18-8-4-2-5-9-18)19-10-6-3-7-11-19/h2-11,20H,12-17H2,1H3. The summed E-state index contributed by atoms with van der Waals surface area (Å²) in [5.41, 5.74) is 1.94. The maximum atomic E-state index is 12.8. The van der Waals surface area contributed by atoms with E-state index in [9.17, 15) is 4.79 Å². The van der Waals surface area contributed by atoms with Crippen LogP contribution in [0, 0.1) is 0 Å². The molecule has 0 N–H and O–H groups in total. The zero-order valence-corrected chi connectivity index (χ0v) is 14.8. The Morgan fingerprint density at radius 2 is 1.44 bits per heavy atom. The highest BCUT2D eigenvalue weighted by Gasteiger charge is 2.24. The molecule has 0 aromatic heterocycles. The van der Waals surface area contributed by atoms with E-state index in [0.29, 0.717) is 6.61 Å². The van der Waals surface area contributed by atoms with Crippen LogP contribution in [-0.2, 0) is 9.53 Å². The van der Waals surface area contributed by atoms with E-state index >= 15 is 0 Å². The Morgan fingerprint density at radius 1 is 0.920 bits per heavy atom. The van der Waals surface area contributed by atoms with E-state index in [-0.39, 0.29) is 11.9 Å². The molecule has 1 aliphatic rings. The molecule has 3 rings (SSSR count). The topological polar surface area (TPSA) is 32.8 Å². The molecular weight excluding hydrogens is 312 g/mol. The van der Waals surface area contributed by atoms with Crippen molar-refractivity contribution in [2.45, 2.75) is 5.92 Å². The van der Waals surface area contributed by atoms with Crippen LogP contribution < -0.4 is 0 Å². The van der Waals surface area contributed by atoms with Gasteiger partial charge in [-0.1, -0.05) is 60.7 Å². The third-order valence-corrected chi connectivity index (χ3v) is 4.75. The van der Waals surface area contributed by atoms with Gasteiger partial charge in [-0.3, -0.25) is 9.69 Å². The van der Waals surface area contributed by atoms with Crippen LogP contribution in [0.25, 0.3) is 0 Å². The molecule has 132 valence electrons. The summed E-state index contributed by atoms with van der Waals surface area (Å²) >= 11 is 0. The van der Waals surface area contributed by atoms with E-state index in [1.165, 1.54) is 0 Å². The normalized spacial score (nSPS) is 16.1. The van der Waals surface area contributed by atoms with Crippen molar-refractivity contribution in [1.82, 2.24) is 9.80 Å². The van der Waals surface area contributed by atoms with Gasteiger partial charge < -0.3 is 9.64 Å². The van der Waals surface area contributed by atoms with Gasteiger partial charge in [0.05, 0.1) is 0 Å². The van der Waals surface area contributed by atoms with Gasteiger partial charge in [-0.2, -0.15) is 0 Å². The second-order valence-electron chi connectivity index (χ2n) is 6.57. The number of nitrogens with zero attached hydrogens (tertiary/aromatic N) is 2. The summed E-state index contributed by atoms with van der Waals surface area (Å²) in [6.45, 7) is 5.47. The second kappa shape index (κ2) is 8.79. The molecule has 0 amide bonds. The van der Waals surface area contributed by atoms with E-state index in [0.717, 1.165) is 43.9 Å². The van der Waals surface area contributed by atoms with Crippen molar-refractivity contribution in [3.05, 3.63) is 71.8 Å². The number of piperazine rings is 1. The molecule has 1 saturated heterocycles. The Labute approximate surface area is 150 Å². The molecule has 0 saturated carbocycles. The van der Waals surface area contributed by atoms with Gasteiger partial charge in [0, 0.05) is 32.7 Å². The molecule has 4 nitrogen and oxygen atoms in total. The minimum atomic E-state index is -0.366. The minimum absolute atomic E-state index is 0.175. The molecule has 2 aromatic carbocycles. The van der Waals surface area contributed by atoms with Crippen molar-refractivity contribution in [3.8, 4) is 0 Å². The lowest BCUT2D eigenvalue weighted by atomic mass is 9.91.